The maximum Gasteiger partial charge on any atom is 0.0606 e. The van der Waals surface area contributed by atoms with E-state index in [9.17, 15) is 0 Å². The molecular weight excluding hydrogens is 250 g/mol. The van der Waals surface area contributed by atoms with Gasteiger partial charge in [0.1, 0.15) is 0 Å². The second kappa shape index (κ2) is 6.91. The van der Waals surface area contributed by atoms with E-state index in [4.69, 9.17) is 5.11 Å². The molecule has 2 rings (SSSR count). The average Bonchev–Trinajstić information content (AvgIpc) is 2.49. The predicted octanol–water partition coefficient (Wildman–Crippen LogP) is 2.68. The highest BCUT2D eigenvalue weighted by molar-refractivity contribution is 5.55. The molecule has 0 saturated carbocycles. The summed E-state index contributed by atoms with van der Waals surface area (Å²) in [4.78, 5) is 6.05. The Morgan fingerprint density at radius 1 is 1.15 bits per heavy atom. The summed E-state index contributed by atoms with van der Waals surface area (Å²) in [5, 5.41) is 12.4. The lowest BCUT2D eigenvalue weighted by atomic mass is 10.1. The summed E-state index contributed by atoms with van der Waals surface area (Å²) < 4.78 is 0. The summed E-state index contributed by atoms with van der Waals surface area (Å²) in [7, 11) is 1.97. The topological polar surface area (TPSA) is 48.4 Å². The number of hydrogen-bond donors (Lipinski definition) is 2. The molecule has 1 aromatic heterocycles. The monoisotopic (exact) mass is 271 g/mol. The quantitative estimate of drug-likeness (QED) is 0.848. The lowest BCUT2D eigenvalue weighted by Crippen LogP contribution is -2.20. The molecule has 20 heavy (non-hydrogen) atoms. The van der Waals surface area contributed by atoms with Gasteiger partial charge in [-0.15, -0.1) is 0 Å². The van der Waals surface area contributed by atoms with Crippen molar-refractivity contribution in [2.24, 2.45) is 0 Å². The summed E-state index contributed by atoms with van der Waals surface area (Å²) in [5.74, 6) is 0. The smallest absolute Gasteiger partial charge is 0.0606 e. The Bertz CT molecular complexity index is 513. The van der Waals surface area contributed by atoms with E-state index in [0.29, 0.717) is 6.54 Å². The van der Waals surface area contributed by atoms with Gasteiger partial charge in [0.15, 0.2) is 0 Å². The third kappa shape index (κ3) is 3.71. The standard InChI is InChI=1S/C16H21N3O/c1-13(14-7-9-17-10-8-14)18-15-3-5-16(6-4-15)19(2)11-12-20/h3-10,13,18,20H,11-12H2,1-2H3. The van der Waals surface area contributed by atoms with Crippen molar-refractivity contribution in [3.63, 3.8) is 0 Å². The van der Waals surface area contributed by atoms with Crippen LogP contribution in [0.4, 0.5) is 11.4 Å². The molecule has 1 atom stereocenters. The molecule has 2 N–H and O–H groups in total. The molecule has 0 saturated heterocycles. The van der Waals surface area contributed by atoms with Crippen molar-refractivity contribution in [3.8, 4) is 0 Å². The Kier molecular flexibility index (Phi) is 4.96. The first-order chi connectivity index (χ1) is 9.70. The number of likely N-dealkylation sites (N-methyl/N-ethyl adjacent to an activating group) is 1. The van der Waals surface area contributed by atoms with E-state index in [-0.39, 0.29) is 12.6 Å². The molecule has 1 heterocycles. The van der Waals surface area contributed by atoms with Crippen LogP contribution in [0.15, 0.2) is 48.8 Å². The molecule has 1 aromatic carbocycles. The zero-order valence-corrected chi connectivity index (χ0v) is 12.0. The van der Waals surface area contributed by atoms with E-state index < -0.39 is 0 Å². The number of hydrogen-bond acceptors (Lipinski definition) is 4. The van der Waals surface area contributed by atoms with Crippen LogP contribution in [0.2, 0.25) is 0 Å². The molecule has 4 nitrogen and oxygen atoms in total. The van der Waals surface area contributed by atoms with Crippen molar-refractivity contribution < 1.29 is 5.11 Å². The van der Waals surface area contributed by atoms with Crippen molar-refractivity contribution in [2.75, 3.05) is 30.4 Å². The first-order valence-corrected chi connectivity index (χ1v) is 6.79. The van der Waals surface area contributed by atoms with Crippen LogP contribution in [0, 0.1) is 0 Å². The van der Waals surface area contributed by atoms with Crippen LogP contribution in [-0.2, 0) is 0 Å². The predicted molar refractivity (Wildman–Crippen MR) is 83.1 cm³/mol. The number of nitrogens with one attached hydrogen (secondary N) is 1. The maximum atomic E-state index is 8.94. The van der Waals surface area contributed by atoms with Gasteiger partial charge in [0.2, 0.25) is 0 Å². The van der Waals surface area contributed by atoms with E-state index in [1.165, 1.54) is 5.56 Å². The molecule has 0 aliphatic rings. The fourth-order valence-corrected chi connectivity index (χ4v) is 2.08. The van der Waals surface area contributed by atoms with Gasteiger partial charge in [0.25, 0.3) is 0 Å². The van der Waals surface area contributed by atoms with Crippen LogP contribution >= 0.6 is 0 Å². The van der Waals surface area contributed by atoms with Crippen LogP contribution in [0.1, 0.15) is 18.5 Å². The van der Waals surface area contributed by atoms with E-state index in [1.54, 1.807) is 12.4 Å². The highest BCUT2D eigenvalue weighted by Crippen LogP contribution is 2.21. The van der Waals surface area contributed by atoms with Gasteiger partial charge in [0, 0.05) is 43.4 Å². The molecular formula is C16H21N3O. The first-order valence-electron chi connectivity index (χ1n) is 6.79. The summed E-state index contributed by atoms with van der Waals surface area (Å²) >= 11 is 0. The Balaban J connectivity index is 2.00. The third-order valence-corrected chi connectivity index (χ3v) is 3.33. The number of pyridine rings is 1. The van der Waals surface area contributed by atoms with Gasteiger partial charge in [-0.1, -0.05) is 0 Å². The lowest BCUT2D eigenvalue weighted by Gasteiger charge is -2.19. The van der Waals surface area contributed by atoms with Crippen LogP contribution in [0.3, 0.4) is 0 Å². The summed E-state index contributed by atoms with van der Waals surface area (Å²) in [5.41, 5.74) is 3.39. The zero-order chi connectivity index (χ0) is 14.4. The molecule has 2 aromatic rings. The van der Waals surface area contributed by atoms with Gasteiger partial charge >= 0.3 is 0 Å². The van der Waals surface area contributed by atoms with E-state index in [2.05, 4.69) is 41.5 Å². The van der Waals surface area contributed by atoms with E-state index >= 15 is 0 Å². The molecule has 0 aliphatic heterocycles. The Hall–Kier alpha value is -2.07. The molecule has 0 radical (unpaired) electrons. The minimum Gasteiger partial charge on any atom is -0.395 e. The lowest BCUT2D eigenvalue weighted by molar-refractivity contribution is 0.304. The number of nitrogens with zero attached hydrogens (tertiary/aromatic N) is 2. The van der Waals surface area contributed by atoms with Crippen LogP contribution in [0.25, 0.3) is 0 Å². The maximum absolute atomic E-state index is 8.94. The Morgan fingerprint density at radius 3 is 2.40 bits per heavy atom. The molecule has 4 heteroatoms. The normalized spacial score (nSPS) is 11.9. The fraction of sp³-hybridized carbons (Fsp3) is 0.312. The highest BCUT2D eigenvalue weighted by atomic mass is 16.3. The molecule has 0 fully saturated rings. The number of rotatable bonds is 6. The average molecular weight is 271 g/mol. The second-order valence-corrected chi connectivity index (χ2v) is 4.84. The van der Waals surface area contributed by atoms with Gasteiger partial charge in [-0.25, -0.2) is 0 Å². The minimum absolute atomic E-state index is 0.162. The molecule has 1 unspecified atom stereocenters. The molecule has 106 valence electrons. The van der Waals surface area contributed by atoms with Crippen molar-refractivity contribution >= 4 is 11.4 Å². The van der Waals surface area contributed by atoms with Crippen molar-refractivity contribution in [2.45, 2.75) is 13.0 Å². The number of aromatic nitrogens is 1. The second-order valence-electron chi connectivity index (χ2n) is 4.84. The SMILES string of the molecule is CC(Nc1ccc(N(C)CCO)cc1)c1ccncc1. The van der Waals surface area contributed by atoms with Crippen LogP contribution < -0.4 is 10.2 Å². The minimum atomic E-state index is 0.162. The van der Waals surface area contributed by atoms with Crippen molar-refractivity contribution in [1.82, 2.24) is 4.98 Å². The summed E-state index contributed by atoms with van der Waals surface area (Å²) in [6.07, 6.45) is 3.61. The van der Waals surface area contributed by atoms with E-state index in [0.717, 1.165) is 11.4 Å². The van der Waals surface area contributed by atoms with Crippen molar-refractivity contribution in [3.05, 3.63) is 54.4 Å². The van der Waals surface area contributed by atoms with Gasteiger partial charge in [-0.3, -0.25) is 4.98 Å². The number of aliphatic hydroxyl groups is 1. The van der Waals surface area contributed by atoms with Gasteiger partial charge < -0.3 is 15.3 Å². The largest absolute Gasteiger partial charge is 0.395 e. The number of anilines is 2. The van der Waals surface area contributed by atoms with Crippen LogP contribution in [-0.4, -0.2) is 30.3 Å². The molecule has 0 spiro atoms. The molecule has 0 amide bonds. The van der Waals surface area contributed by atoms with Crippen LogP contribution in [0.5, 0.6) is 0 Å². The van der Waals surface area contributed by atoms with Gasteiger partial charge in [0.05, 0.1) is 6.61 Å². The highest BCUT2D eigenvalue weighted by Gasteiger charge is 2.05. The number of benzene rings is 1. The Labute approximate surface area is 120 Å². The van der Waals surface area contributed by atoms with Crippen molar-refractivity contribution in [1.29, 1.82) is 0 Å². The third-order valence-electron chi connectivity index (χ3n) is 3.33. The fourth-order valence-electron chi connectivity index (χ4n) is 2.08. The van der Waals surface area contributed by atoms with Gasteiger partial charge in [-0.2, -0.15) is 0 Å². The number of aliphatic hydroxyl groups excluding tert-OH is 1. The van der Waals surface area contributed by atoms with Gasteiger partial charge in [-0.05, 0) is 48.9 Å². The Morgan fingerprint density at radius 2 is 1.80 bits per heavy atom. The van der Waals surface area contributed by atoms with E-state index in [1.807, 2.05) is 24.1 Å². The zero-order valence-electron chi connectivity index (χ0n) is 12.0. The summed E-state index contributed by atoms with van der Waals surface area (Å²) in [6.45, 7) is 2.93. The molecule has 0 bridgehead atoms. The first kappa shape index (κ1) is 14.3. The summed E-state index contributed by atoms with van der Waals surface area (Å²) in [6, 6.07) is 12.5. The molecule has 0 aliphatic carbocycles.